The van der Waals surface area contributed by atoms with Crippen LogP contribution in [0.1, 0.15) is 24.1 Å². The van der Waals surface area contributed by atoms with Crippen LogP contribution in [0.4, 0.5) is 5.95 Å². The van der Waals surface area contributed by atoms with Crippen LogP contribution in [-0.2, 0) is 11.3 Å². The third-order valence-corrected chi connectivity index (χ3v) is 8.07. The van der Waals surface area contributed by atoms with Crippen LogP contribution in [0.5, 0.6) is 0 Å². The van der Waals surface area contributed by atoms with E-state index < -0.39 is 0 Å². The van der Waals surface area contributed by atoms with E-state index in [9.17, 15) is 4.79 Å². The molecule has 2 aromatic heterocycles. The lowest BCUT2D eigenvalue weighted by Gasteiger charge is -2.46. The molecule has 0 aliphatic carbocycles. The fourth-order valence-corrected chi connectivity index (χ4v) is 6.38. The zero-order valence-corrected chi connectivity index (χ0v) is 17.2. The van der Waals surface area contributed by atoms with E-state index in [4.69, 9.17) is 0 Å². The first kappa shape index (κ1) is 18.1. The van der Waals surface area contributed by atoms with Crippen molar-refractivity contribution in [3.63, 3.8) is 0 Å². The number of hydrogen-bond donors (Lipinski definition) is 0. The zero-order valence-electron chi connectivity index (χ0n) is 16.4. The van der Waals surface area contributed by atoms with Gasteiger partial charge in [0.05, 0.1) is 5.41 Å². The summed E-state index contributed by atoms with van der Waals surface area (Å²) in [5, 5.41) is 2.15. The predicted molar refractivity (Wildman–Crippen MR) is 110 cm³/mol. The van der Waals surface area contributed by atoms with Crippen LogP contribution >= 0.6 is 11.3 Å². The maximum atomic E-state index is 13.4. The van der Waals surface area contributed by atoms with Crippen molar-refractivity contribution in [2.24, 2.45) is 10.8 Å². The smallest absolute Gasteiger partial charge is 0.231 e. The Morgan fingerprint density at radius 1 is 1.07 bits per heavy atom. The van der Waals surface area contributed by atoms with E-state index in [2.05, 4.69) is 37.3 Å². The van der Waals surface area contributed by atoms with E-state index in [0.717, 1.165) is 64.5 Å². The number of amides is 1. The highest BCUT2D eigenvalue weighted by Crippen LogP contribution is 2.58. The van der Waals surface area contributed by atoms with Gasteiger partial charge in [0.15, 0.2) is 0 Å². The Labute approximate surface area is 170 Å². The Hall–Kier alpha value is -1.99. The minimum atomic E-state index is -0.282. The van der Waals surface area contributed by atoms with Crippen LogP contribution in [0, 0.1) is 10.8 Å². The van der Waals surface area contributed by atoms with Gasteiger partial charge in [0.2, 0.25) is 11.9 Å². The normalized spacial score (nSPS) is 27.4. The SMILES string of the molecule is CN1CC[C@]2(CN(c3ncccn3)CC23CCN(Cc2cccs2)CC3)C1=O. The Bertz CT molecular complexity index is 834. The topological polar surface area (TPSA) is 52.6 Å². The number of hydrogen-bond acceptors (Lipinski definition) is 6. The number of carbonyl (C=O) groups excluding carboxylic acids is 1. The molecule has 0 saturated carbocycles. The van der Waals surface area contributed by atoms with Crippen molar-refractivity contribution in [1.29, 1.82) is 0 Å². The minimum absolute atomic E-state index is 0.0278. The molecule has 1 atom stereocenters. The van der Waals surface area contributed by atoms with Gasteiger partial charge in [-0.15, -0.1) is 11.3 Å². The van der Waals surface area contributed by atoms with Crippen molar-refractivity contribution in [2.45, 2.75) is 25.8 Å². The second kappa shape index (κ2) is 6.81. The van der Waals surface area contributed by atoms with Gasteiger partial charge in [-0.1, -0.05) is 6.07 Å². The first-order chi connectivity index (χ1) is 13.6. The molecular weight excluding hydrogens is 370 g/mol. The summed E-state index contributed by atoms with van der Waals surface area (Å²) in [6, 6.07) is 6.20. The van der Waals surface area contributed by atoms with Crippen LogP contribution in [0.3, 0.4) is 0 Å². The molecule has 5 rings (SSSR count). The summed E-state index contributed by atoms with van der Waals surface area (Å²) in [6.07, 6.45) is 6.69. The highest BCUT2D eigenvalue weighted by atomic mass is 32.1. The fourth-order valence-electron chi connectivity index (χ4n) is 5.63. The molecule has 0 radical (unpaired) electrons. The molecule has 0 bridgehead atoms. The van der Waals surface area contributed by atoms with Crippen LogP contribution in [0.2, 0.25) is 0 Å². The number of thiophene rings is 1. The van der Waals surface area contributed by atoms with E-state index in [1.165, 1.54) is 4.88 Å². The number of aromatic nitrogens is 2. The van der Waals surface area contributed by atoms with E-state index in [1.54, 1.807) is 12.4 Å². The molecule has 3 aliphatic rings. The number of fused-ring (bicyclic) bond motifs is 1. The monoisotopic (exact) mass is 397 g/mol. The first-order valence-electron chi connectivity index (χ1n) is 10.1. The standard InChI is InChI=1S/C21H27N5OS/c1-24-10-7-21(18(24)27)16-26(19-22-8-3-9-23-19)15-20(21)5-11-25(12-6-20)14-17-4-2-13-28-17/h2-4,8-9,13H,5-7,10-12,14-16H2,1H3/t21-/m0/s1. The summed E-state index contributed by atoms with van der Waals surface area (Å²) in [5.41, 5.74) is -0.254. The summed E-state index contributed by atoms with van der Waals surface area (Å²) >= 11 is 1.83. The number of rotatable bonds is 3. The number of likely N-dealkylation sites (tertiary alicyclic amines) is 2. The number of nitrogens with zero attached hydrogens (tertiary/aromatic N) is 5. The van der Waals surface area contributed by atoms with Crippen molar-refractivity contribution in [1.82, 2.24) is 19.8 Å². The molecular formula is C21H27N5OS. The third-order valence-electron chi connectivity index (χ3n) is 7.21. The molecule has 148 valence electrons. The lowest BCUT2D eigenvalue weighted by molar-refractivity contribution is -0.141. The van der Waals surface area contributed by atoms with Crippen molar-refractivity contribution >= 4 is 23.2 Å². The Kier molecular flexibility index (Phi) is 4.39. The van der Waals surface area contributed by atoms with Crippen LogP contribution in [-0.4, -0.2) is 65.4 Å². The molecule has 0 N–H and O–H groups in total. The van der Waals surface area contributed by atoms with E-state index in [0.29, 0.717) is 5.91 Å². The molecule has 0 aromatic carbocycles. The molecule has 2 spiro atoms. The quantitative estimate of drug-likeness (QED) is 0.797. The van der Waals surface area contributed by atoms with Gasteiger partial charge in [-0.2, -0.15) is 0 Å². The average Bonchev–Trinajstić information content (AvgIpc) is 3.42. The summed E-state index contributed by atoms with van der Waals surface area (Å²) in [6.45, 7) is 5.65. The lowest BCUT2D eigenvalue weighted by atomic mass is 9.60. The average molecular weight is 398 g/mol. The molecule has 1 amide bonds. The van der Waals surface area contributed by atoms with Crippen molar-refractivity contribution in [3.05, 3.63) is 40.8 Å². The van der Waals surface area contributed by atoms with Gasteiger partial charge in [0, 0.05) is 55.9 Å². The largest absolute Gasteiger partial charge is 0.345 e. The van der Waals surface area contributed by atoms with Crippen LogP contribution in [0.25, 0.3) is 0 Å². The summed E-state index contributed by atoms with van der Waals surface area (Å²) < 4.78 is 0. The third kappa shape index (κ3) is 2.75. The zero-order chi connectivity index (χ0) is 19.2. The summed E-state index contributed by atoms with van der Waals surface area (Å²) in [7, 11) is 1.96. The number of anilines is 1. The maximum absolute atomic E-state index is 13.4. The second-order valence-electron chi connectivity index (χ2n) is 8.60. The van der Waals surface area contributed by atoms with Gasteiger partial charge in [0.25, 0.3) is 0 Å². The summed E-state index contributed by atoms with van der Waals surface area (Å²) in [5.74, 6) is 1.10. The highest BCUT2D eigenvalue weighted by molar-refractivity contribution is 7.09. The highest BCUT2D eigenvalue weighted by Gasteiger charge is 2.65. The Morgan fingerprint density at radius 2 is 1.86 bits per heavy atom. The van der Waals surface area contributed by atoms with Gasteiger partial charge >= 0.3 is 0 Å². The van der Waals surface area contributed by atoms with E-state index in [-0.39, 0.29) is 10.8 Å². The lowest BCUT2D eigenvalue weighted by Crippen LogP contribution is -2.52. The second-order valence-corrected chi connectivity index (χ2v) is 9.63. The molecule has 6 nitrogen and oxygen atoms in total. The van der Waals surface area contributed by atoms with Crippen molar-refractivity contribution in [2.75, 3.05) is 44.7 Å². The predicted octanol–water partition coefficient (Wildman–Crippen LogP) is 2.49. The summed E-state index contributed by atoms with van der Waals surface area (Å²) in [4.78, 5) is 30.5. The van der Waals surface area contributed by atoms with Crippen LogP contribution in [0.15, 0.2) is 36.0 Å². The van der Waals surface area contributed by atoms with E-state index in [1.807, 2.05) is 29.4 Å². The fraction of sp³-hybridized carbons (Fsp3) is 0.571. The van der Waals surface area contributed by atoms with Crippen LogP contribution < -0.4 is 4.90 Å². The number of carbonyl (C=O) groups is 1. The molecule has 28 heavy (non-hydrogen) atoms. The van der Waals surface area contributed by atoms with Gasteiger partial charge in [-0.3, -0.25) is 9.69 Å². The van der Waals surface area contributed by atoms with Gasteiger partial charge < -0.3 is 9.80 Å². The molecule has 3 saturated heterocycles. The molecule has 5 heterocycles. The minimum Gasteiger partial charge on any atom is -0.345 e. The van der Waals surface area contributed by atoms with Gasteiger partial charge in [-0.25, -0.2) is 9.97 Å². The molecule has 2 aromatic rings. The maximum Gasteiger partial charge on any atom is 0.231 e. The molecule has 3 aliphatic heterocycles. The molecule has 7 heteroatoms. The number of piperidine rings is 1. The van der Waals surface area contributed by atoms with Gasteiger partial charge in [-0.05, 0) is 49.9 Å². The first-order valence-corrected chi connectivity index (χ1v) is 11.0. The Balaban J connectivity index is 1.40. The van der Waals surface area contributed by atoms with Crippen molar-refractivity contribution < 1.29 is 4.79 Å². The molecule has 0 unspecified atom stereocenters. The molecule has 3 fully saturated rings. The van der Waals surface area contributed by atoms with Gasteiger partial charge in [0.1, 0.15) is 0 Å². The Morgan fingerprint density at radius 3 is 2.50 bits per heavy atom. The van der Waals surface area contributed by atoms with E-state index >= 15 is 0 Å². The van der Waals surface area contributed by atoms with Crippen molar-refractivity contribution in [3.8, 4) is 0 Å².